The molecule has 1 aromatic carbocycles. The second kappa shape index (κ2) is 13.1. The van der Waals surface area contributed by atoms with Crippen molar-refractivity contribution in [3.63, 3.8) is 0 Å². The molecule has 0 aliphatic carbocycles. The molecule has 2 rings (SSSR count). The van der Waals surface area contributed by atoms with Gasteiger partial charge in [-0.2, -0.15) is 0 Å². The van der Waals surface area contributed by atoms with Gasteiger partial charge in [0.15, 0.2) is 5.96 Å². The Morgan fingerprint density at radius 3 is 2.57 bits per heavy atom. The van der Waals surface area contributed by atoms with Crippen LogP contribution in [0.1, 0.15) is 18.3 Å². The largest absolute Gasteiger partial charge is 0.356 e. The number of amides is 1. The molecule has 0 fully saturated rings. The highest BCUT2D eigenvalue weighted by molar-refractivity contribution is 14.0. The zero-order valence-corrected chi connectivity index (χ0v) is 19.1. The molecule has 0 aliphatic rings. The number of benzene rings is 1. The minimum absolute atomic E-state index is 0. The van der Waals surface area contributed by atoms with Gasteiger partial charge in [0, 0.05) is 40.2 Å². The molecule has 1 heterocycles. The number of hydrogen-bond donors (Lipinski definition) is 2. The predicted octanol–water partition coefficient (Wildman–Crippen LogP) is 1.32. The molecule has 154 valence electrons. The zero-order chi connectivity index (χ0) is 19.5. The van der Waals surface area contributed by atoms with Gasteiger partial charge < -0.3 is 20.1 Å². The van der Waals surface area contributed by atoms with Gasteiger partial charge in [-0.05, 0) is 12.0 Å². The number of guanidine groups is 1. The number of aliphatic imine (C=N–C) groups is 1. The van der Waals surface area contributed by atoms with Gasteiger partial charge in [-0.15, -0.1) is 34.2 Å². The lowest BCUT2D eigenvalue weighted by Crippen LogP contribution is -2.40. The highest BCUT2D eigenvalue weighted by atomic mass is 127. The van der Waals surface area contributed by atoms with Crippen molar-refractivity contribution in [3.05, 3.63) is 48.0 Å². The van der Waals surface area contributed by atoms with Crippen molar-refractivity contribution < 1.29 is 4.79 Å². The van der Waals surface area contributed by atoms with E-state index in [9.17, 15) is 4.79 Å². The minimum Gasteiger partial charge on any atom is -0.356 e. The van der Waals surface area contributed by atoms with Crippen LogP contribution in [-0.2, 0) is 24.2 Å². The predicted molar refractivity (Wildman–Crippen MR) is 122 cm³/mol. The Balaban J connectivity index is 0.00000392. The molecule has 8 nitrogen and oxygen atoms in total. The van der Waals surface area contributed by atoms with Crippen LogP contribution >= 0.6 is 24.0 Å². The van der Waals surface area contributed by atoms with E-state index in [1.54, 1.807) is 20.4 Å². The SMILES string of the molecule is CCc1nncn1CCNC(=NCC(=O)N(C)C)NCCc1ccccc1.I. The number of aromatic nitrogens is 3. The van der Waals surface area contributed by atoms with Crippen LogP contribution in [0.4, 0.5) is 0 Å². The van der Waals surface area contributed by atoms with Gasteiger partial charge in [-0.25, -0.2) is 4.99 Å². The van der Waals surface area contributed by atoms with Gasteiger partial charge >= 0.3 is 0 Å². The molecule has 9 heteroatoms. The summed E-state index contributed by atoms with van der Waals surface area (Å²) in [5.74, 6) is 1.55. The molecule has 0 bridgehead atoms. The summed E-state index contributed by atoms with van der Waals surface area (Å²) in [6.45, 7) is 4.30. The molecule has 1 aromatic heterocycles. The quantitative estimate of drug-likeness (QED) is 0.309. The number of carbonyl (C=O) groups is 1. The summed E-state index contributed by atoms with van der Waals surface area (Å²) in [4.78, 5) is 17.8. The van der Waals surface area contributed by atoms with E-state index < -0.39 is 0 Å². The molecule has 0 unspecified atom stereocenters. The fourth-order valence-electron chi connectivity index (χ4n) is 2.47. The Morgan fingerprint density at radius 1 is 1.18 bits per heavy atom. The van der Waals surface area contributed by atoms with Crippen molar-refractivity contribution >= 4 is 35.8 Å². The maximum absolute atomic E-state index is 11.8. The Kier molecular flexibility index (Phi) is 11.2. The van der Waals surface area contributed by atoms with E-state index in [0.29, 0.717) is 12.5 Å². The van der Waals surface area contributed by atoms with E-state index >= 15 is 0 Å². The van der Waals surface area contributed by atoms with E-state index in [4.69, 9.17) is 0 Å². The van der Waals surface area contributed by atoms with Crippen LogP contribution in [0, 0.1) is 0 Å². The van der Waals surface area contributed by atoms with Crippen LogP contribution in [0.15, 0.2) is 41.7 Å². The van der Waals surface area contributed by atoms with E-state index in [1.807, 2.05) is 22.8 Å². The number of aryl methyl sites for hydroxylation is 1. The number of halogens is 1. The standard InChI is InChI=1S/C19H29N7O.HI/c1-4-17-24-23-15-26(17)13-12-21-19(22-14-18(27)25(2)3)20-11-10-16-8-6-5-7-9-16;/h5-9,15H,4,10-14H2,1-3H3,(H2,20,21,22);1H. The highest BCUT2D eigenvalue weighted by Gasteiger charge is 2.06. The Hall–Kier alpha value is -2.17. The summed E-state index contributed by atoms with van der Waals surface area (Å²) in [5.41, 5.74) is 1.26. The number of likely N-dealkylation sites (N-methyl/N-ethyl adjacent to an activating group) is 1. The third-order valence-electron chi connectivity index (χ3n) is 4.08. The van der Waals surface area contributed by atoms with Gasteiger partial charge in [0.25, 0.3) is 0 Å². The van der Waals surface area contributed by atoms with E-state index in [2.05, 4.69) is 44.9 Å². The van der Waals surface area contributed by atoms with Gasteiger partial charge in [-0.3, -0.25) is 4.79 Å². The lowest BCUT2D eigenvalue weighted by molar-refractivity contribution is -0.127. The third-order valence-corrected chi connectivity index (χ3v) is 4.08. The van der Waals surface area contributed by atoms with Crippen LogP contribution in [0.5, 0.6) is 0 Å². The molecule has 0 saturated heterocycles. The molecule has 0 spiro atoms. The molecule has 0 aliphatic heterocycles. The molecule has 0 radical (unpaired) electrons. The van der Waals surface area contributed by atoms with Crippen LogP contribution in [0.3, 0.4) is 0 Å². The van der Waals surface area contributed by atoms with Crippen LogP contribution < -0.4 is 10.6 Å². The summed E-state index contributed by atoms with van der Waals surface area (Å²) in [5, 5.41) is 14.6. The van der Waals surface area contributed by atoms with Crippen molar-refractivity contribution in [2.75, 3.05) is 33.7 Å². The molecular formula is C19H30IN7O. The molecule has 0 atom stereocenters. The topological polar surface area (TPSA) is 87.4 Å². The highest BCUT2D eigenvalue weighted by Crippen LogP contribution is 1.98. The fourth-order valence-corrected chi connectivity index (χ4v) is 2.47. The van der Waals surface area contributed by atoms with Gasteiger partial charge in [-0.1, -0.05) is 37.3 Å². The third kappa shape index (κ3) is 8.24. The maximum Gasteiger partial charge on any atom is 0.243 e. The summed E-state index contributed by atoms with van der Waals surface area (Å²) in [7, 11) is 3.46. The normalized spacial score (nSPS) is 10.9. The lowest BCUT2D eigenvalue weighted by atomic mass is 10.1. The molecule has 28 heavy (non-hydrogen) atoms. The first-order valence-corrected chi connectivity index (χ1v) is 9.23. The van der Waals surface area contributed by atoms with Crippen molar-refractivity contribution in [2.24, 2.45) is 4.99 Å². The first kappa shape index (κ1) is 23.9. The van der Waals surface area contributed by atoms with E-state index in [-0.39, 0.29) is 36.4 Å². The molecule has 2 N–H and O–H groups in total. The number of nitrogens with one attached hydrogen (secondary N) is 2. The summed E-state index contributed by atoms with van der Waals surface area (Å²) in [6.07, 6.45) is 3.46. The second-order valence-electron chi connectivity index (χ2n) is 6.34. The van der Waals surface area contributed by atoms with Crippen LogP contribution in [0.2, 0.25) is 0 Å². The van der Waals surface area contributed by atoms with Crippen LogP contribution in [0.25, 0.3) is 0 Å². The number of rotatable bonds is 9. The van der Waals surface area contributed by atoms with Crippen molar-refractivity contribution in [2.45, 2.75) is 26.3 Å². The van der Waals surface area contributed by atoms with Crippen molar-refractivity contribution in [3.8, 4) is 0 Å². The maximum atomic E-state index is 11.8. The lowest BCUT2D eigenvalue weighted by Gasteiger charge is -2.14. The fraction of sp³-hybridized carbons (Fsp3) is 0.474. The number of nitrogens with zero attached hydrogens (tertiary/aromatic N) is 5. The van der Waals surface area contributed by atoms with Gasteiger partial charge in [0.2, 0.25) is 5.91 Å². The number of carbonyl (C=O) groups excluding carboxylic acids is 1. The van der Waals surface area contributed by atoms with Crippen molar-refractivity contribution in [1.29, 1.82) is 0 Å². The molecular weight excluding hydrogens is 469 g/mol. The Morgan fingerprint density at radius 2 is 1.89 bits per heavy atom. The summed E-state index contributed by atoms with van der Waals surface area (Å²) >= 11 is 0. The average molecular weight is 499 g/mol. The Bertz CT molecular complexity index is 731. The first-order chi connectivity index (χ1) is 13.1. The summed E-state index contributed by atoms with van der Waals surface area (Å²) in [6, 6.07) is 10.3. The molecule has 1 amide bonds. The molecule has 2 aromatic rings. The smallest absolute Gasteiger partial charge is 0.243 e. The van der Waals surface area contributed by atoms with E-state index in [1.165, 1.54) is 10.5 Å². The molecule has 0 saturated carbocycles. The van der Waals surface area contributed by atoms with Crippen LogP contribution in [-0.4, -0.2) is 65.3 Å². The zero-order valence-electron chi connectivity index (χ0n) is 16.8. The monoisotopic (exact) mass is 499 g/mol. The summed E-state index contributed by atoms with van der Waals surface area (Å²) < 4.78 is 2.01. The minimum atomic E-state index is -0.0359. The first-order valence-electron chi connectivity index (χ1n) is 9.23. The second-order valence-corrected chi connectivity index (χ2v) is 6.34. The van der Waals surface area contributed by atoms with Gasteiger partial charge in [0.05, 0.1) is 0 Å². The van der Waals surface area contributed by atoms with E-state index in [0.717, 1.165) is 31.8 Å². The average Bonchev–Trinajstić information content (AvgIpc) is 3.13. The van der Waals surface area contributed by atoms with Crippen molar-refractivity contribution in [1.82, 2.24) is 30.3 Å². The number of hydrogen-bond acceptors (Lipinski definition) is 4. The Labute approximate surface area is 183 Å². The van der Waals surface area contributed by atoms with Gasteiger partial charge in [0.1, 0.15) is 18.7 Å².